The van der Waals surface area contributed by atoms with Crippen LogP contribution in [0, 0.1) is 19.8 Å². The second-order valence-electron chi connectivity index (χ2n) is 9.65. The first-order chi connectivity index (χ1) is 17.7. The molecule has 4 rings (SSSR count). The van der Waals surface area contributed by atoms with E-state index in [1.54, 1.807) is 16.4 Å². The second kappa shape index (κ2) is 11.3. The van der Waals surface area contributed by atoms with Crippen LogP contribution in [0.3, 0.4) is 0 Å². The summed E-state index contributed by atoms with van der Waals surface area (Å²) in [6.45, 7) is 8.90. The average Bonchev–Trinajstić information content (AvgIpc) is 3.17. The lowest BCUT2D eigenvalue weighted by molar-refractivity contribution is 0.0601. The summed E-state index contributed by atoms with van der Waals surface area (Å²) in [5, 5.41) is 4.66. The van der Waals surface area contributed by atoms with E-state index in [2.05, 4.69) is 5.10 Å². The molecule has 2 aromatic heterocycles. The molecule has 9 heteroatoms. The second-order valence-corrected chi connectivity index (χ2v) is 10.0. The molecule has 0 fully saturated rings. The molecule has 0 radical (unpaired) electrons. The Bertz CT molecular complexity index is 1440. The first-order valence-electron chi connectivity index (χ1n) is 12.5. The van der Waals surface area contributed by atoms with E-state index in [9.17, 15) is 9.59 Å². The highest BCUT2D eigenvalue weighted by Gasteiger charge is 2.33. The lowest BCUT2D eigenvalue weighted by atomic mass is 9.99. The van der Waals surface area contributed by atoms with E-state index in [0.29, 0.717) is 41.6 Å². The fourth-order valence-electron chi connectivity index (χ4n) is 4.54. The van der Waals surface area contributed by atoms with Gasteiger partial charge in [-0.3, -0.25) is 9.36 Å². The first kappa shape index (κ1) is 26.6. The van der Waals surface area contributed by atoms with E-state index >= 15 is 0 Å². The Kier molecular flexibility index (Phi) is 8.10. The summed E-state index contributed by atoms with van der Waals surface area (Å²) in [5.74, 6) is 0.269. The van der Waals surface area contributed by atoms with Crippen molar-refractivity contribution in [3.8, 4) is 0 Å². The van der Waals surface area contributed by atoms with E-state index in [0.717, 1.165) is 11.1 Å². The quantitative estimate of drug-likeness (QED) is 0.353. The summed E-state index contributed by atoms with van der Waals surface area (Å²) in [6, 6.07) is 16.7. The molecule has 0 aliphatic heterocycles. The van der Waals surface area contributed by atoms with E-state index in [-0.39, 0.29) is 29.7 Å². The van der Waals surface area contributed by atoms with Crippen molar-refractivity contribution in [3.05, 3.63) is 98.3 Å². The summed E-state index contributed by atoms with van der Waals surface area (Å²) in [7, 11) is 0. The minimum atomic E-state index is -0.506. The highest BCUT2D eigenvalue weighted by Crippen LogP contribution is 2.31. The molecular weight excluding hydrogens is 488 g/mol. The Labute approximate surface area is 221 Å². The number of amides is 1. The Morgan fingerprint density at radius 1 is 1.08 bits per heavy atom. The van der Waals surface area contributed by atoms with Gasteiger partial charge in [0.1, 0.15) is 10.8 Å². The lowest BCUT2D eigenvalue weighted by Gasteiger charge is -2.35. The predicted octanol–water partition coefficient (Wildman–Crippen LogP) is 4.40. The van der Waals surface area contributed by atoms with Crippen LogP contribution >= 0.6 is 11.6 Å². The van der Waals surface area contributed by atoms with Crippen LogP contribution in [0.25, 0.3) is 5.65 Å². The number of fused-ring (bicyclic) bond motifs is 1. The highest BCUT2D eigenvalue weighted by molar-refractivity contribution is 6.34. The zero-order chi connectivity index (χ0) is 26.7. The fraction of sp³-hybridized carbons (Fsp3) is 0.357. The van der Waals surface area contributed by atoms with Crippen molar-refractivity contribution in [2.24, 2.45) is 11.7 Å². The Hall–Kier alpha value is -3.49. The van der Waals surface area contributed by atoms with E-state index in [4.69, 9.17) is 22.3 Å². The molecule has 1 amide bonds. The number of carbonyl (C=O) groups is 1. The molecule has 0 saturated carbocycles. The first-order valence-corrected chi connectivity index (χ1v) is 12.9. The number of aromatic nitrogens is 4. The number of rotatable bonds is 9. The molecule has 4 aromatic rings. The Morgan fingerprint density at radius 2 is 1.76 bits per heavy atom. The predicted molar refractivity (Wildman–Crippen MR) is 146 cm³/mol. The van der Waals surface area contributed by atoms with Crippen LogP contribution < -0.4 is 11.4 Å². The molecule has 2 N–H and O–H groups in total. The molecular formula is C28H33ClN6O2. The van der Waals surface area contributed by atoms with Crippen molar-refractivity contribution in [3.63, 3.8) is 0 Å². The zero-order valence-electron chi connectivity index (χ0n) is 21.7. The number of benzene rings is 2. The number of hydrogen-bond donors (Lipinski definition) is 1. The molecule has 37 heavy (non-hydrogen) atoms. The molecule has 2 heterocycles. The number of halogens is 1. The number of nitrogens with two attached hydrogens (primary N) is 1. The summed E-state index contributed by atoms with van der Waals surface area (Å²) < 4.78 is 2.85. The Morgan fingerprint density at radius 3 is 2.38 bits per heavy atom. The van der Waals surface area contributed by atoms with Crippen LogP contribution in [0.1, 0.15) is 59.3 Å². The molecule has 0 aliphatic rings. The summed E-state index contributed by atoms with van der Waals surface area (Å²) in [4.78, 5) is 34.4. The summed E-state index contributed by atoms with van der Waals surface area (Å²) in [6.07, 6.45) is 0.610. The standard InChI is InChI=1S/C28H33ClN6O2/c1-18(2)24(33(16-8-15-30)27(36)22-13-11-19(3)12-14-22)26-31-25-23(29)20(4)32-35(25)28(37)34(26)17-21-9-6-5-7-10-21/h5-7,9-14,18,24H,8,15-17,30H2,1-4H3. The van der Waals surface area contributed by atoms with Crippen LogP contribution in [0.2, 0.25) is 5.02 Å². The minimum absolute atomic E-state index is 0.0636. The van der Waals surface area contributed by atoms with Gasteiger partial charge in [0, 0.05) is 12.1 Å². The normalized spacial score (nSPS) is 12.3. The van der Waals surface area contributed by atoms with Crippen molar-refractivity contribution in [2.45, 2.75) is 46.7 Å². The van der Waals surface area contributed by atoms with E-state index in [1.807, 2.05) is 75.4 Å². The molecule has 194 valence electrons. The third kappa shape index (κ3) is 5.45. The van der Waals surface area contributed by atoms with E-state index in [1.165, 1.54) is 4.52 Å². The maximum absolute atomic E-state index is 13.9. The van der Waals surface area contributed by atoms with Gasteiger partial charge in [0.2, 0.25) is 0 Å². The third-order valence-electron chi connectivity index (χ3n) is 6.45. The minimum Gasteiger partial charge on any atom is -0.330 e. The van der Waals surface area contributed by atoms with Gasteiger partial charge >= 0.3 is 5.69 Å². The van der Waals surface area contributed by atoms with Crippen LogP contribution in [-0.2, 0) is 6.54 Å². The maximum atomic E-state index is 13.9. The molecule has 0 saturated heterocycles. The van der Waals surface area contributed by atoms with Crippen molar-refractivity contribution >= 4 is 23.2 Å². The number of carbonyl (C=O) groups excluding carboxylic acids is 1. The zero-order valence-corrected chi connectivity index (χ0v) is 22.4. The van der Waals surface area contributed by atoms with Crippen LogP contribution in [-0.4, -0.2) is 43.1 Å². The smallest absolute Gasteiger partial charge is 0.330 e. The molecule has 0 spiro atoms. The summed E-state index contributed by atoms with van der Waals surface area (Å²) in [5.41, 5.74) is 8.89. The number of nitrogens with zero attached hydrogens (tertiary/aromatic N) is 5. The SMILES string of the molecule is Cc1ccc(C(=O)N(CCCN)C(c2nc3c(Cl)c(C)nn3c(=O)n2Cc2ccccc2)C(C)C)cc1. The van der Waals surface area contributed by atoms with Crippen LogP contribution in [0.5, 0.6) is 0 Å². The van der Waals surface area contributed by atoms with Gasteiger partial charge in [-0.1, -0.05) is 73.5 Å². The van der Waals surface area contributed by atoms with Crippen molar-refractivity contribution in [2.75, 3.05) is 13.1 Å². The summed E-state index contributed by atoms with van der Waals surface area (Å²) >= 11 is 6.53. The highest BCUT2D eigenvalue weighted by atomic mass is 35.5. The molecule has 1 atom stereocenters. The topological polar surface area (TPSA) is 98.5 Å². The van der Waals surface area contributed by atoms with Gasteiger partial charge in [0.15, 0.2) is 5.65 Å². The average molecular weight is 521 g/mol. The maximum Gasteiger partial charge on any atom is 0.352 e. The molecule has 1 unspecified atom stereocenters. The molecule has 0 bridgehead atoms. The van der Waals surface area contributed by atoms with Crippen LogP contribution in [0.4, 0.5) is 0 Å². The van der Waals surface area contributed by atoms with Crippen molar-refractivity contribution in [1.29, 1.82) is 0 Å². The third-order valence-corrected chi connectivity index (χ3v) is 6.89. The van der Waals surface area contributed by atoms with Crippen molar-refractivity contribution < 1.29 is 4.79 Å². The monoisotopic (exact) mass is 520 g/mol. The largest absolute Gasteiger partial charge is 0.352 e. The van der Waals surface area contributed by atoms with Gasteiger partial charge in [0.25, 0.3) is 5.91 Å². The molecule has 0 aliphatic carbocycles. The van der Waals surface area contributed by atoms with Gasteiger partial charge in [-0.25, -0.2) is 9.78 Å². The van der Waals surface area contributed by atoms with Crippen molar-refractivity contribution in [1.82, 2.24) is 24.1 Å². The van der Waals surface area contributed by atoms with E-state index < -0.39 is 6.04 Å². The molecule has 2 aromatic carbocycles. The molecule has 8 nitrogen and oxygen atoms in total. The van der Waals surface area contributed by atoms with Gasteiger partial charge in [-0.05, 0) is 50.4 Å². The van der Waals surface area contributed by atoms with Gasteiger partial charge in [-0.15, -0.1) is 0 Å². The van der Waals surface area contributed by atoms with Gasteiger partial charge < -0.3 is 10.6 Å². The Balaban J connectivity index is 1.94. The van der Waals surface area contributed by atoms with Gasteiger partial charge in [-0.2, -0.15) is 9.61 Å². The van der Waals surface area contributed by atoms with Crippen LogP contribution in [0.15, 0.2) is 59.4 Å². The van der Waals surface area contributed by atoms with Gasteiger partial charge in [0.05, 0.1) is 18.3 Å². The lowest BCUT2D eigenvalue weighted by Crippen LogP contribution is -2.43. The number of aryl methyl sites for hydroxylation is 2. The number of hydrogen-bond acceptors (Lipinski definition) is 5. The fourth-order valence-corrected chi connectivity index (χ4v) is 4.70.